The Kier molecular flexibility index (Phi) is 3.42. The van der Waals surface area contributed by atoms with E-state index in [2.05, 4.69) is 17.1 Å². The summed E-state index contributed by atoms with van der Waals surface area (Å²) in [4.78, 5) is 2.50. The van der Waals surface area contributed by atoms with E-state index < -0.39 is 0 Å². The fourth-order valence-corrected chi connectivity index (χ4v) is 2.01. The van der Waals surface area contributed by atoms with Gasteiger partial charge in [0.1, 0.15) is 0 Å². The Morgan fingerprint density at radius 1 is 1.36 bits per heavy atom. The van der Waals surface area contributed by atoms with Crippen LogP contribution in [0.15, 0.2) is 0 Å². The van der Waals surface area contributed by atoms with Gasteiger partial charge in [-0.15, -0.1) is 0 Å². The molecule has 2 rings (SSSR count). The molecule has 0 aromatic carbocycles. The van der Waals surface area contributed by atoms with Gasteiger partial charge in [0.2, 0.25) is 0 Å². The molecule has 0 amide bonds. The Balaban J connectivity index is 1.72. The molecule has 2 aliphatic rings. The first-order valence-electron chi connectivity index (χ1n) is 5.94. The predicted molar refractivity (Wildman–Crippen MR) is 57.3 cm³/mol. The number of hydrogen-bond acceptors (Lipinski definition) is 3. The highest BCUT2D eigenvalue weighted by atomic mass is 16.3. The van der Waals surface area contributed by atoms with Crippen molar-refractivity contribution < 1.29 is 5.11 Å². The first kappa shape index (κ1) is 10.4. The van der Waals surface area contributed by atoms with Crippen LogP contribution in [0, 0.1) is 0 Å². The van der Waals surface area contributed by atoms with Crippen LogP contribution in [-0.4, -0.2) is 47.8 Å². The van der Waals surface area contributed by atoms with Crippen LogP contribution in [-0.2, 0) is 0 Å². The van der Waals surface area contributed by atoms with Crippen LogP contribution in [0.25, 0.3) is 0 Å². The van der Waals surface area contributed by atoms with Crippen molar-refractivity contribution in [2.45, 2.75) is 50.7 Å². The molecule has 0 spiro atoms. The topological polar surface area (TPSA) is 35.5 Å². The fraction of sp³-hybridized carbons (Fsp3) is 1.00. The van der Waals surface area contributed by atoms with Crippen molar-refractivity contribution in [3.8, 4) is 0 Å². The maximum absolute atomic E-state index is 9.26. The summed E-state index contributed by atoms with van der Waals surface area (Å²) in [7, 11) is 0. The highest BCUT2D eigenvalue weighted by molar-refractivity contribution is 4.89. The van der Waals surface area contributed by atoms with Gasteiger partial charge in [0.25, 0.3) is 0 Å². The van der Waals surface area contributed by atoms with E-state index in [-0.39, 0.29) is 6.61 Å². The SMILES string of the molecule is CCN(CC(CO)NC1CC1)C1CC1. The summed E-state index contributed by atoms with van der Waals surface area (Å²) in [5.41, 5.74) is 0. The van der Waals surface area contributed by atoms with Gasteiger partial charge in [0.05, 0.1) is 6.61 Å². The number of likely N-dealkylation sites (N-methyl/N-ethyl adjacent to an activating group) is 1. The molecule has 0 saturated heterocycles. The van der Waals surface area contributed by atoms with Crippen LogP contribution in [0.4, 0.5) is 0 Å². The van der Waals surface area contributed by atoms with Gasteiger partial charge in [0, 0.05) is 24.7 Å². The molecular formula is C11H22N2O. The third kappa shape index (κ3) is 2.94. The zero-order valence-electron chi connectivity index (χ0n) is 9.08. The third-order valence-corrected chi connectivity index (χ3v) is 3.19. The second-order valence-electron chi connectivity index (χ2n) is 4.64. The number of nitrogens with one attached hydrogen (secondary N) is 1. The summed E-state index contributed by atoms with van der Waals surface area (Å²) in [5, 5.41) is 12.8. The lowest BCUT2D eigenvalue weighted by molar-refractivity contribution is 0.179. The van der Waals surface area contributed by atoms with Gasteiger partial charge in [-0.3, -0.25) is 4.90 Å². The van der Waals surface area contributed by atoms with Gasteiger partial charge in [-0.05, 0) is 32.2 Å². The van der Waals surface area contributed by atoms with Crippen molar-refractivity contribution in [3.63, 3.8) is 0 Å². The molecule has 14 heavy (non-hydrogen) atoms. The molecule has 0 heterocycles. The number of nitrogens with zero attached hydrogens (tertiary/aromatic N) is 1. The lowest BCUT2D eigenvalue weighted by atomic mass is 10.2. The Hall–Kier alpha value is -0.120. The minimum absolute atomic E-state index is 0.278. The number of aliphatic hydroxyl groups is 1. The molecule has 0 aromatic rings. The van der Waals surface area contributed by atoms with E-state index in [0.29, 0.717) is 12.1 Å². The van der Waals surface area contributed by atoms with Crippen LogP contribution in [0.2, 0.25) is 0 Å². The molecule has 1 unspecified atom stereocenters. The molecule has 2 fully saturated rings. The Bertz CT molecular complexity index is 178. The van der Waals surface area contributed by atoms with E-state index >= 15 is 0 Å². The second-order valence-corrected chi connectivity index (χ2v) is 4.64. The Labute approximate surface area is 86.5 Å². The van der Waals surface area contributed by atoms with E-state index in [9.17, 15) is 5.11 Å². The van der Waals surface area contributed by atoms with Crippen molar-refractivity contribution in [2.75, 3.05) is 19.7 Å². The lowest BCUT2D eigenvalue weighted by Crippen LogP contribution is -2.45. The summed E-state index contributed by atoms with van der Waals surface area (Å²) in [6, 6.07) is 1.81. The van der Waals surface area contributed by atoms with E-state index in [1.165, 1.54) is 25.7 Å². The monoisotopic (exact) mass is 198 g/mol. The van der Waals surface area contributed by atoms with E-state index in [1.807, 2.05) is 0 Å². The van der Waals surface area contributed by atoms with E-state index in [1.54, 1.807) is 0 Å². The maximum atomic E-state index is 9.26. The quantitative estimate of drug-likeness (QED) is 0.628. The number of hydrogen-bond donors (Lipinski definition) is 2. The minimum atomic E-state index is 0.278. The largest absolute Gasteiger partial charge is 0.395 e. The molecule has 2 aliphatic carbocycles. The molecule has 0 bridgehead atoms. The molecular weight excluding hydrogens is 176 g/mol. The van der Waals surface area contributed by atoms with Crippen LogP contribution in [0.3, 0.4) is 0 Å². The molecule has 3 heteroatoms. The van der Waals surface area contributed by atoms with E-state index in [0.717, 1.165) is 19.1 Å². The van der Waals surface area contributed by atoms with Gasteiger partial charge in [-0.1, -0.05) is 6.92 Å². The predicted octanol–water partition coefficient (Wildman–Crippen LogP) is 0.584. The van der Waals surface area contributed by atoms with Gasteiger partial charge in [-0.25, -0.2) is 0 Å². The molecule has 0 aliphatic heterocycles. The van der Waals surface area contributed by atoms with Gasteiger partial charge in [-0.2, -0.15) is 0 Å². The Morgan fingerprint density at radius 2 is 2.07 bits per heavy atom. The molecule has 1 atom stereocenters. The lowest BCUT2D eigenvalue weighted by Gasteiger charge is -2.25. The van der Waals surface area contributed by atoms with Crippen molar-refractivity contribution in [1.29, 1.82) is 0 Å². The molecule has 0 aromatic heterocycles. The van der Waals surface area contributed by atoms with Gasteiger partial charge < -0.3 is 10.4 Å². The Morgan fingerprint density at radius 3 is 2.50 bits per heavy atom. The van der Waals surface area contributed by atoms with Crippen molar-refractivity contribution in [2.24, 2.45) is 0 Å². The average Bonchev–Trinajstić information content (AvgIpc) is 3.01. The fourth-order valence-electron chi connectivity index (χ4n) is 2.01. The molecule has 82 valence electrons. The number of rotatable bonds is 7. The maximum Gasteiger partial charge on any atom is 0.0597 e. The van der Waals surface area contributed by atoms with Crippen molar-refractivity contribution >= 4 is 0 Å². The molecule has 0 radical (unpaired) electrons. The first-order valence-corrected chi connectivity index (χ1v) is 5.94. The molecule has 3 nitrogen and oxygen atoms in total. The third-order valence-electron chi connectivity index (χ3n) is 3.19. The second kappa shape index (κ2) is 4.60. The average molecular weight is 198 g/mol. The zero-order chi connectivity index (χ0) is 9.97. The van der Waals surface area contributed by atoms with Crippen LogP contribution < -0.4 is 5.32 Å². The zero-order valence-corrected chi connectivity index (χ0v) is 9.08. The van der Waals surface area contributed by atoms with Gasteiger partial charge in [0.15, 0.2) is 0 Å². The van der Waals surface area contributed by atoms with Gasteiger partial charge >= 0.3 is 0 Å². The highest BCUT2D eigenvalue weighted by Crippen LogP contribution is 2.27. The standard InChI is InChI=1S/C11H22N2O/c1-2-13(11-5-6-11)7-10(8-14)12-9-3-4-9/h9-12,14H,2-8H2,1H3. The van der Waals surface area contributed by atoms with E-state index in [4.69, 9.17) is 0 Å². The minimum Gasteiger partial charge on any atom is -0.395 e. The summed E-state index contributed by atoms with van der Waals surface area (Å²) in [5.74, 6) is 0. The van der Waals surface area contributed by atoms with Crippen LogP contribution >= 0.6 is 0 Å². The van der Waals surface area contributed by atoms with Crippen molar-refractivity contribution in [1.82, 2.24) is 10.2 Å². The van der Waals surface area contributed by atoms with Crippen LogP contribution in [0.5, 0.6) is 0 Å². The first-order chi connectivity index (χ1) is 6.83. The molecule has 2 saturated carbocycles. The summed E-state index contributed by atoms with van der Waals surface area (Å²) >= 11 is 0. The summed E-state index contributed by atoms with van der Waals surface area (Å²) in [6.45, 7) is 4.63. The van der Waals surface area contributed by atoms with Crippen molar-refractivity contribution in [3.05, 3.63) is 0 Å². The normalized spacial score (nSPS) is 24.2. The van der Waals surface area contributed by atoms with Crippen LogP contribution in [0.1, 0.15) is 32.6 Å². The number of aliphatic hydroxyl groups excluding tert-OH is 1. The smallest absolute Gasteiger partial charge is 0.0597 e. The summed E-state index contributed by atoms with van der Waals surface area (Å²) in [6.07, 6.45) is 5.31. The highest BCUT2D eigenvalue weighted by Gasteiger charge is 2.31. The summed E-state index contributed by atoms with van der Waals surface area (Å²) < 4.78 is 0. The molecule has 2 N–H and O–H groups in total.